The summed E-state index contributed by atoms with van der Waals surface area (Å²) in [6.07, 6.45) is 3.67. The van der Waals surface area contributed by atoms with Gasteiger partial charge in [0, 0.05) is 24.6 Å². The number of hydrogen-bond acceptors (Lipinski definition) is 3. The van der Waals surface area contributed by atoms with Crippen LogP contribution in [0.1, 0.15) is 11.3 Å². The van der Waals surface area contributed by atoms with Gasteiger partial charge in [-0.05, 0) is 23.3 Å². The smallest absolute Gasteiger partial charge is 0.226 e. The third kappa shape index (κ3) is 3.36. The van der Waals surface area contributed by atoms with Gasteiger partial charge in [-0.15, -0.1) is 0 Å². The van der Waals surface area contributed by atoms with E-state index in [-0.39, 0.29) is 5.91 Å². The summed E-state index contributed by atoms with van der Waals surface area (Å²) < 4.78 is 0. The van der Waals surface area contributed by atoms with Crippen molar-refractivity contribution in [3.63, 3.8) is 0 Å². The van der Waals surface area contributed by atoms with E-state index in [2.05, 4.69) is 25.7 Å². The zero-order valence-electron chi connectivity index (χ0n) is 11.3. The molecule has 6 heteroatoms. The van der Waals surface area contributed by atoms with Gasteiger partial charge in [-0.2, -0.15) is 10.2 Å². The third-order valence-electron chi connectivity index (χ3n) is 3.16. The standard InChI is InChI=1S/C15H15N5O/c21-15(9-13-5-7-17-19-13)16-10-11-1-3-12(4-2-11)14-6-8-18-20-14/h1-8H,9-10H2,(H,16,21)(H,17,19)(H,18,20). The minimum Gasteiger partial charge on any atom is -0.352 e. The molecule has 0 aliphatic heterocycles. The molecule has 3 aromatic rings. The van der Waals surface area contributed by atoms with E-state index >= 15 is 0 Å². The summed E-state index contributed by atoms with van der Waals surface area (Å²) >= 11 is 0. The molecule has 21 heavy (non-hydrogen) atoms. The maximum Gasteiger partial charge on any atom is 0.226 e. The summed E-state index contributed by atoms with van der Waals surface area (Å²) in [4.78, 5) is 11.8. The lowest BCUT2D eigenvalue weighted by atomic mass is 10.1. The van der Waals surface area contributed by atoms with Crippen LogP contribution < -0.4 is 5.32 Å². The van der Waals surface area contributed by atoms with Crippen LogP contribution in [0, 0.1) is 0 Å². The van der Waals surface area contributed by atoms with Crippen molar-refractivity contribution < 1.29 is 4.79 Å². The van der Waals surface area contributed by atoms with Crippen molar-refractivity contribution in [2.45, 2.75) is 13.0 Å². The molecule has 0 bridgehead atoms. The molecule has 2 aromatic heterocycles. The topological polar surface area (TPSA) is 86.5 Å². The van der Waals surface area contributed by atoms with E-state index in [1.807, 2.05) is 30.3 Å². The molecule has 106 valence electrons. The Labute approximate surface area is 121 Å². The monoisotopic (exact) mass is 281 g/mol. The maximum absolute atomic E-state index is 11.8. The molecular weight excluding hydrogens is 266 g/mol. The van der Waals surface area contributed by atoms with Crippen molar-refractivity contribution in [2.75, 3.05) is 0 Å². The van der Waals surface area contributed by atoms with Crippen LogP contribution in [0.2, 0.25) is 0 Å². The molecule has 3 rings (SSSR count). The second-order valence-corrected chi connectivity index (χ2v) is 4.70. The van der Waals surface area contributed by atoms with Gasteiger partial charge in [0.2, 0.25) is 5.91 Å². The number of amides is 1. The van der Waals surface area contributed by atoms with Crippen molar-refractivity contribution in [1.82, 2.24) is 25.7 Å². The first-order valence-electron chi connectivity index (χ1n) is 6.65. The third-order valence-corrected chi connectivity index (χ3v) is 3.16. The zero-order valence-corrected chi connectivity index (χ0v) is 11.3. The summed E-state index contributed by atoms with van der Waals surface area (Å²) in [5.41, 5.74) is 3.91. The number of hydrogen-bond donors (Lipinski definition) is 3. The van der Waals surface area contributed by atoms with Crippen molar-refractivity contribution in [1.29, 1.82) is 0 Å². The Bertz CT molecular complexity index is 686. The Morgan fingerprint density at radius 2 is 1.76 bits per heavy atom. The van der Waals surface area contributed by atoms with Gasteiger partial charge in [0.15, 0.2) is 0 Å². The minimum atomic E-state index is -0.0307. The average molecular weight is 281 g/mol. The number of nitrogens with one attached hydrogen (secondary N) is 3. The van der Waals surface area contributed by atoms with Crippen molar-refractivity contribution in [3.8, 4) is 11.3 Å². The number of aromatic amines is 2. The van der Waals surface area contributed by atoms with Gasteiger partial charge in [0.05, 0.1) is 12.1 Å². The largest absolute Gasteiger partial charge is 0.352 e. The van der Waals surface area contributed by atoms with Gasteiger partial charge < -0.3 is 5.32 Å². The lowest BCUT2D eigenvalue weighted by Crippen LogP contribution is -2.24. The molecule has 6 nitrogen and oxygen atoms in total. The van der Waals surface area contributed by atoms with E-state index in [9.17, 15) is 4.79 Å². The van der Waals surface area contributed by atoms with Crippen molar-refractivity contribution >= 4 is 5.91 Å². The number of carbonyl (C=O) groups excluding carboxylic acids is 1. The van der Waals surface area contributed by atoms with Crippen LogP contribution in [-0.4, -0.2) is 26.3 Å². The normalized spacial score (nSPS) is 10.5. The highest BCUT2D eigenvalue weighted by atomic mass is 16.1. The Morgan fingerprint density at radius 3 is 2.43 bits per heavy atom. The number of benzene rings is 1. The number of H-pyrrole nitrogens is 2. The SMILES string of the molecule is O=C(Cc1ccn[nH]1)NCc1ccc(-c2ccn[nH]2)cc1. The van der Waals surface area contributed by atoms with Gasteiger partial charge in [-0.1, -0.05) is 24.3 Å². The number of nitrogens with zero attached hydrogens (tertiary/aromatic N) is 2. The van der Waals surface area contributed by atoms with Crippen LogP contribution >= 0.6 is 0 Å². The fourth-order valence-corrected chi connectivity index (χ4v) is 2.04. The first-order chi connectivity index (χ1) is 10.3. The van der Waals surface area contributed by atoms with Gasteiger partial charge >= 0.3 is 0 Å². The van der Waals surface area contributed by atoms with Gasteiger partial charge in [-0.3, -0.25) is 15.0 Å². The molecular formula is C15H15N5O. The highest BCUT2D eigenvalue weighted by Gasteiger charge is 2.04. The number of aromatic nitrogens is 4. The van der Waals surface area contributed by atoms with E-state index in [0.29, 0.717) is 13.0 Å². The molecule has 0 fully saturated rings. The fraction of sp³-hybridized carbons (Fsp3) is 0.133. The van der Waals surface area contributed by atoms with E-state index < -0.39 is 0 Å². The van der Waals surface area contributed by atoms with Crippen molar-refractivity contribution in [2.24, 2.45) is 0 Å². The van der Waals surface area contributed by atoms with E-state index in [0.717, 1.165) is 22.5 Å². The Hall–Kier alpha value is -2.89. The molecule has 0 atom stereocenters. The number of rotatable bonds is 5. The van der Waals surface area contributed by atoms with Crippen molar-refractivity contribution in [3.05, 3.63) is 60.0 Å². The van der Waals surface area contributed by atoms with Crippen LogP contribution in [0.3, 0.4) is 0 Å². The molecule has 0 saturated carbocycles. The van der Waals surface area contributed by atoms with Gasteiger partial charge in [-0.25, -0.2) is 0 Å². The first-order valence-corrected chi connectivity index (χ1v) is 6.65. The van der Waals surface area contributed by atoms with Crippen LogP contribution in [-0.2, 0) is 17.8 Å². The molecule has 2 heterocycles. The first kappa shape index (κ1) is 13.1. The summed E-state index contributed by atoms with van der Waals surface area (Å²) in [5.74, 6) is -0.0307. The van der Waals surface area contributed by atoms with Crippen LogP contribution in [0.25, 0.3) is 11.3 Å². The average Bonchev–Trinajstić information content (AvgIpc) is 3.19. The molecule has 3 N–H and O–H groups in total. The maximum atomic E-state index is 11.8. The summed E-state index contributed by atoms with van der Waals surface area (Å²) in [6.45, 7) is 0.510. The Balaban J connectivity index is 1.55. The minimum absolute atomic E-state index is 0.0307. The molecule has 1 aromatic carbocycles. The summed E-state index contributed by atoms with van der Waals surface area (Å²) in [5, 5.41) is 16.3. The van der Waals surface area contributed by atoms with Crippen LogP contribution in [0.5, 0.6) is 0 Å². The predicted octanol–water partition coefficient (Wildman–Crippen LogP) is 1.66. The fourth-order valence-electron chi connectivity index (χ4n) is 2.04. The van der Waals surface area contributed by atoms with E-state index in [1.54, 1.807) is 18.5 Å². The Morgan fingerprint density at radius 1 is 1.00 bits per heavy atom. The molecule has 0 radical (unpaired) electrons. The zero-order chi connectivity index (χ0) is 14.5. The predicted molar refractivity (Wildman–Crippen MR) is 78.2 cm³/mol. The lowest BCUT2D eigenvalue weighted by molar-refractivity contribution is -0.120. The molecule has 0 aliphatic rings. The van der Waals surface area contributed by atoms with E-state index in [4.69, 9.17) is 0 Å². The van der Waals surface area contributed by atoms with Gasteiger partial charge in [0.25, 0.3) is 0 Å². The second-order valence-electron chi connectivity index (χ2n) is 4.70. The van der Waals surface area contributed by atoms with Crippen LogP contribution in [0.4, 0.5) is 0 Å². The molecule has 0 unspecified atom stereocenters. The summed E-state index contributed by atoms with van der Waals surface area (Å²) in [6, 6.07) is 11.7. The quantitative estimate of drug-likeness (QED) is 0.664. The second kappa shape index (κ2) is 6.04. The highest BCUT2D eigenvalue weighted by molar-refractivity contribution is 5.78. The van der Waals surface area contributed by atoms with Gasteiger partial charge in [0.1, 0.15) is 0 Å². The Kier molecular flexibility index (Phi) is 3.77. The number of carbonyl (C=O) groups is 1. The molecule has 0 saturated heterocycles. The molecule has 0 aliphatic carbocycles. The summed E-state index contributed by atoms with van der Waals surface area (Å²) in [7, 11) is 0. The van der Waals surface area contributed by atoms with Crippen LogP contribution in [0.15, 0.2) is 48.8 Å². The highest BCUT2D eigenvalue weighted by Crippen LogP contribution is 2.16. The molecule has 1 amide bonds. The molecule has 0 spiro atoms. The lowest BCUT2D eigenvalue weighted by Gasteiger charge is -2.05. The van der Waals surface area contributed by atoms with E-state index in [1.165, 1.54) is 0 Å².